The van der Waals surface area contributed by atoms with Gasteiger partial charge in [-0.15, -0.1) is 0 Å². The van der Waals surface area contributed by atoms with Crippen molar-refractivity contribution >= 4 is 29.1 Å². The molecule has 0 unspecified atom stereocenters. The van der Waals surface area contributed by atoms with E-state index in [1.165, 1.54) is 37.0 Å². The number of benzene rings is 1. The Bertz CT molecular complexity index is 952. The monoisotopic (exact) mass is 407 g/mol. The Kier molecular flexibility index (Phi) is 5.75. The number of hydrogen-bond acceptors (Lipinski definition) is 3. The molecule has 0 spiro atoms. The van der Waals surface area contributed by atoms with Crippen molar-refractivity contribution in [1.82, 2.24) is 4.57 Å². The molecule has 30 heavy (non-hydrogen) atoms. The second kappa shape index (κ2) is 8.46. The Labute approximate surface area is 177 Å². The number of carbonyl (C=O) groups is 3. The molecule has 1 aliphatic carbocycles. The van der Waals surface area contributed by atoms with Crippen LogP contribution in [-0.4, -0.2) is 22.3 Å². The van der Waals surface area contributed by atoms with Crippen LogP contribution in [0.5, 0.6) is 0 Å². The molecule has 1 aliphatic heterocycles. The number of carbonyl (C=O) groups excluding carboxylic acids is 3. The molecule has 1 aromatic heterocycles. The van der Waals surface area contributed by atoms with Crippen LogP contribution in [0.1, 0.15) is 79.2 Å². The molecule has 158 valence electrons. The molecule has 0 bridgehead atoms. The van der Waals surface area contributed by atoms with Gasteiger partial charge in [-0.25, -0.2) is 0 Å². The fourth-order valence-corrected chi connectivity index (χ4v) is 4.84. The molecular weight excluding hydrogens is 378 g/mol. The fourth-order valence-electron chi connectivity index (χ4n) is 4.84. The molecule has 1 saturated heterocycles. The van der Waals surface area contributed by atoms with E-state index in [1.807, 2.05) is 13.0 Å². The number of nitrogens with zero attached hydrogens (tertiary/aromatic N) is 2. The number of imide groups is 1. The molecular formula is C24H29N3O3. The van der Waals surface area contributed by atoms with Crippen molar-refractivity contribution in [2.24, 2.45) is 0 Å². The molecule has 2 aliphatic rings. The van der Waals surface area contributed by atoms with Gasteiger partial charge in [0.2, 0.25) is 11.8 Å². The predicted molar refractivity (Wildman–Crippen MR) is 117 cm³/mol. The highest BCUT2D eigenvalue weighted by Crippen LogP contribution is 2.32. The van der Waals surface area contributed by atoms with Gasteiger partial charge in [-0.05, 0) is 63.4 Å². The minimum absolute atomic E-state index is 0.136. The summed E-state index contributed by atoms with van der Waals surface area (Å²) in [5, 5.41) is 2.95. The molecule has 0 atom stereocenters. The molecule has 2 aromatic rings. The highest BCUT2D eigenvalue weighted by Gasteiger charge is 2.27. The zero-order valence-corrected chi connectivity index (χ0v) is 17.7. The van der Waals surface area contributed by atoms with E-state index in [-0.39, 0.29) is 17.7 Å². The van der Waals surface area contributed by atoms with Gasteiger partial charge < -0.3 is 9.88 Å². The van der Waals surface area contributed by atoms with Crippen molar-refractivity contribution in [2.45, 2.75) is 71.3 Å². The number of hydrogen-bond donors (Lipinski definition) is 1. The van der Waals surface area contributed by atoms with Crippen LogP contribution >= 0.6 is 0 Å². The van der Waals surface area contributed by atoms with E-state index < -0.39 is 0 Å². The van der Waals surface area contributed by atoms with E-state index in [4.69, 9.17) is 0 Å². The van der Waals surface area contributed by atoms with Crippen molar-refractivity contribution in [3.05, 3.63) is 47.3 Å². The molecule has 1 N–H and O–H groups in total. The third-order valence-corrected chi connectivity index (χ3v) is 6.33. The Hall–Kier alpha value is -2.89. The van der Waals surface area contributed by atoms with Crippen LogP contribution in [0, 0.1) is 13.8 Å². The number of aryl methyl sites for hydroxylation is 1. The standard InChI is InChI=1S/C24H29N3O3/c1-16-15-21(17(2)26(16)19-7-4-3-5-8-19)24(30)25-18-11-13-20(14-12-18)27-22(28)9-6-10-23(27)29/h11-15,19H,3-10H2,1-2H3,(H,25,30). The first-order chi connectivity index (χ1) is 14.5. The summed E-state index contributed by atoms with van der Waals surface area (Å²) < 4.78 is 2.32. The van der Waals surface area contributed by atoms with E-state index >= 15 is 0 Å². The van der Waals surface area contributed by atoms with Gasteiger partial charge in [0, 0.05) is 36.0 Å². The molecule has 3 amide bonds. The lowest BCUT2D eigenvalue weighted by Gasteiger charge is -2.26. The molecule has 1 aromatic carbocycles. The Balaban J connectivity index is 1.49. The lowest BCUT2D eigenvalue weighted by Crippen LogP contribution is -2.40. The van der Waals surface area contributed by atoms with Crippen LogP contribution in [0.4, 0.5) is 11.4 Å². The van der Waals surface area contributed by atoms with E-state index in [0.29, 0.717) is 42.2 Å². The van der Waals surface area contributed by atoms with Crippen molar-refractivity contribution in [2.75, 3.05) is 10.2 Å². The number of anilines is 2. The van der Waals surface area contributed by atoms with E-state index in [2.05, 4.69) is 16.8 Å². The maximum Gasteiger partial charge on any atom is 0.257 e. The summed E-state index contributed by atoms with van der Waals surface area (Å²) in [5.74, 6) is -0.473. The van der Waals surface area contributed by atoms with Gasteiger partial charge in [0.15, 0.2) is 0 Å². The summed E-state index contributed by atoms with van der Waals surface area (Å²) in [7, 11) is 0. The van der Waals surface area contributed by atoms with Crippen LogP contribution in [0.15, 0.2) is 30.3 Å². The first-order valence-electron chi connectivity index (χ1n) is 10.9. The van der Waals surface area contributed by atoms with E-state index in [9.17, 15) is 14.4 Å². The normalized spacial score (nSPS) is 18.0. The van der Waals surface area contributed by atoms with Crippen molar-refractivity contribution < 1.29 is 14.4 Å². The summed E-state index contributed by atoms with van der Waals surface area (Å²) in [6, 6.07) is 9.35. The predicted octanol–water partition coefficient (Wildman–Crippen LogP) is 4.91. The van der Waals surface area contributed by atoms with Crippen molar-refractivity contribution in [1.29, 1.82) is 0 Å². The lowest BCUT2D eigenvalue weighted by atomic mass is 9.95. The van der Waals surface area contributed by atoms with Crippen LogP contribution < -0.4 is 10.2 Å². The third kappa shape index (κ3) is 3.91. The number of rotatable bonds is 4. The zero-order valence-electron chi connectivity index (χ0n) is 17.7. The quantitative estimate of drug-likeness (QED) is 0.732. The smallest absolute Gasteiger partial charge is 0.257 e. The SMILES string of the molecule is Cc1cc(C(=O)Nc2ccc(N3C(=O)CCCC3=O)cc2)c(C)n1C1CCCCC1. The summed E-state index contributed by atoms with van der Waals surface area (Å²) in [4.78, 5) is 38.3. The highest BCUT2D eigenvalue weighted by molar-refractivity contribution is 6.16. The fraction of sp³-hybridized carbons (Fsp3) is 0.458. The Morgan fingerprint density at radius 2 is 1.57 bits per heavy atom. The second-order valence-corrected chi connectivity index (χ2v) is 8.42. The summed E-state index contributed by atoms with van der Waals surface area (Å²) in [6.07, 6.45) is 7.53. The Morgan fingerprint density at radius 1 is 0.933 bits per heavy atom. The average Bonchev–Trinajstić information content (AvgIpc) is 3.04. The van der Waals surface area contributed by atoms with Crippen LogP contribution in [0.3, 0.4) is 0 Å². The maximum absolute atomic E-state index is 12.9. The van der Waals surface area contributed by atoms with Gasteiger partial charge in [0.1, 0.15) is 0 Å². The maximum atomic E-state index is 12.9. The van der Waals surface area contributed by atoms with E-state index in [1.54, 1.807) is 24.3 Å². The van der Waals surface area contributed by atoms with Crippen molar-refractivity contribution in [3.8, 4) is 0 Å². The van der Waals surface area contributed by atoms with Crippen LogP contribution in [0.25, 0.3) is 0 Å². The molecule has 6 nitrogen and oxygen atoms in total. The third-order valence-electron chi connectivity index (χ3n) is 6.33. The van der Waals surface area contributed by atoms with Gasteiger partial charge in [0.05, 0.1) is 11.3 Å². The van der Waals surface area contributed by atoms with Gasteiger partial charge >= 0.3 is 0 Å². The van der Waals surface area contributed by atoms with Crippen LogP contribution in [0.2, 0.25) is 0 Å². The summed E-state index contributed by atoms with van der Waals surface area (Å²) in [5.41, 5.74) is 4.03. The van der Waals surface area contributed by atoms with Gasteiger partial charge in [-0.2, -0.15) is 0 Å². The first kappa shape index (κ1) is 20.4. The topological polar surface area (TPSA) is 71.4 Å². The minimum Gasteiger partial charge on any atom is -0.345 e. The summed E-state index contributed by atoms with van der Waals surface area (Å²) >= 11 is 0. The highest BCUT2D eigenvalue weighted by atomic mass is 16.2. The lowest BCUT2D eigenvalue weighted by molar-refractivity contribution is -0.129. The molecule has 0 radical (unpaired) electrons. The molecule has 2 fully saturated rings. The van der Waals surface area contributed by atoms with Crippen LogP contribution in [-0.2, 0) is 9.59 Å². The molecule has 2 heterocycles. The minimum atomic E-state index is -0.168. The van der Waals surface area contributed by atoms with Crippen molar-refractivity contribution in [3.63, 3.8) is 0 Å². The summed E-state index contributed by atoms with van der Waals surface area (Å²) in [6.45, 7) is 4.09. The number of piperidine rings is 1. The number of amides is 3. The van der Waals surface area contributed by atoms with Gasteiger partial charge in [-0.1, -0.05) is 19.3 Å². The van der Waals surface area contributed by atoms with Gasteiger partial charge in [-0.3, -0.25) is 19.3 Å². The molecule has 1 saturated carbocycles. The first-order valence-corrected chi connectivity index (χ1v) is 10.9. The van der Waals surface area contributed by atoms with E-state index in [0.717, 1.165) is 11.4 Å². The zero-order chi connectivity index (χ0) is 21.3. The Morgan fingerprint density at radius 3 is 2.20 bits per heavy atom. The number of aromatic nitrogens is 1. The molecule has 4 rings (SSSR count). The second-order valence-electron chi connectivity index (χ2n) is 8.42. The average molecular weight is 408 g/mol. The largest absolute Gasteiger partial charge is 0.345 e. The van der Waals surface area contributed by atoms with Gasteiger partial charge in [0.25, 0.3) is 5.91 Å². The molecule has 6 heteroatoms. The number of nitrogens with one attached hydrogen (secondary N) is 1.